The van der Waals surface area contributed by atoms with Gasteiger partial charge < -0.3 is 15.0 Å². The topological polar surface area (TPSA) is 87.7 Å². The molecule has 4 aromatic rings. The zero-order valence-electron chi connectivity index (χ0n) is 22.1. The highest BCUT2D eigenvalue weighted by Gasteiger charge is 2.26. The van der Waals surface area contributed by atoms with Crippen molar-refractivity contribution in [1.29, 1.82) is 0 Å². The summed E-state index contributed by atoms with van der Waals surface area (Å²) < 4.78 is 5.01. The Morgan fingerprint density at radius 1 is 0.921 bits per heavy atom. The second kappa shape index (κ2) is 11.1. The van der Waals surface area contributed by atoms with E-state index in [4.69, 9.17) is 14.7 Å². The number of methoxy groups -OCH3 is 1. The molecule has 0 unspecified atom stereocenters. The summed E-state index contributed by atoms with van der Waals surface area (Å²) in [6, 6.07) is 21.2. The molecule has 1 aliphatic heterocycles. The van der Waals surface area contributed by atoms with E-state index in [2.05, 4.69) is 16.3 Å². The molecule has 0 aliphatic carbocycles. The fourth-order valence-corrected chi connectivity index (χ4v) is 4.89. The number of carbonyl (C=O) groups is 2. The average molecular weight is 512 g/mol. The third kappa shape index (κ3) is 5.45. The predicted molar refractivity (Wildman–Crippen MR) is 149 cm³/mol. The van der Waals surface area contributed by atoms with Gasteiger partial charge in [0.05, 0.1) is 19.2 Å². The fourth-order valence-electron chi connectivity index (χ4n) is 4.89. The Kier molecular flexibility index (Phi) is 7.51. The number of nitrogens with one attached hydrogen (secondary N) is 1. The minimum atomic E-state index is -0.518. The van der Waals surface area contributed by atoms with Gasteiger partial charge in [-0.2, -0.15) is 0 Å². The van der Waals surface area contributed by atoms with Crippen LogP contribution in [0.15, 0.2) is 66.7 Å². The van der Waals surface area contributed by atoms with Gasteiger partial charge >= 0.3 is 5.97 Å². The van der Waals surface area contributed by atoms with Crippen molar-refractivity contribution in [3.05, 3.63) is 78.1 Å². The number of aromatic nitrogens is 2. The summed E-state index contributed by atoms with van der Waals surface area (Å²) >= 11 is 0. The Morgan fingerprint density at radius 3 is 2.37 bits per heavy atom. The van der Waals surface area contributed by atoms with Crippen molar-refractivity contribution >= 4 is 39.4 Å². The Balaban J connectivity index is 1.28. The average Bonchev–Trinajstić information content (AvgIpc) is 2.95. The zero-order valence-corrected chi connectivity index (χ0v) is 22.1. The number of ether oxygens (including phenoxy) is 1. The van der Waals surface area contributed by atoms with Crippen molar-refractivity contribution in [3.63, 3.8) is 0 Å². The predicted octanol–water partition coefficient (Wildman–Crippen LogP) is 4.35. The van der Waals surface area contributed by atoms with Crippen molar-refractivity contribution in [2.75, 3.05) is 38.6 Å². The summed E-state index contributed by atoms with van der Waals surface area (Å²) in [6.45, 7) is 7.24. The van der Waals surface area contributed by atoms with Gasteiger partial charge in [-0.25, -0.2) is 14.8 Å². The zero-order chi connectivity index (χ0) is 26.6. The highest BCUT2D eigenvalue weighted by atomic mass is 16.5. The van der Waals surface area contributed by atoms with Crippen LogP contribution in [0.4, 0.5) is 5.82 Å². The molecule has 1 aliphatic rings. The molecular weight excluding hydrogens is 478 g/mol. The van der Waals surface area contributed by atoms with E-state index in [-0.39, 0.29) is 17.8 Å². The van der Waals surface area contributed by atoms with Gasteiger partial charge in [0.1, 0.15) is 17.7 Å². The number of amides is 1. The number of para-hydroxylation sites is 1. The van der Waals surface area contributed by atoms with E-state index in [1.54, 1.807) is 0 Å². The first kappa shape index (κ1) is 25.6. The number of carbonyl (C=O) groups excluding carboxylic acids is 2. The van der Waals surface area contributed by atoms with Crippen LogP contribution >= 0.6 is 0 Å². The first-order valence-electron chi connectivity index (χ1n) is 13.0. The standard InChI is InChI=1S/C30H33N5O3/c1-20(2)27(30(37)38-3)33-28-24-10-6-7-11-25(24)31-26(32-28)19-34-14-16-35(17-15-34)29(36)23-13-12-21-8-4-5-9-22(21)18-23/h4-13,18,20,27H,14-17,19H2,1-3H3,(H,31,32,33)/t27-/m0/s1. The molecule has 0 saturated carbocycles. The van der Waals surface area contributed by atoms with Crippen LogP contribution in [0.25, 0.3) is 21.7 Å². The van der Waals surface area contributed by atoms with Crippen LogP contribution < -0.4 is 5.32 Å². The lowest BCUT2D eigenvalue weighted by Crippen LogP contribution is -2.48. The lowest BCUT2D eigenvalue weighted by molar-refractivity contribution is -0.142. The van der Waals surface area contributed by atoms with E-state index < -0.39 is 6.04 Å². The van der Waals surface area contributed by atoms with E-state index in [1.807, 2.05) is 79.4 Å². The van der Waals surface area contributed by atoms with E-state index >= 15 is 0 Å². The summed E-state index contributed by atoms with van der Waals surface area (Å²) in [7, 11) is 1.40. The number of nitrogens with zero attached hydrogens (tertiary/aromatic N) is 4. The molecule has 3 aromatic carbocycles. The minimum absolute atomic E-state index is 0.0212. The molecule has 0 bridgehead atoms. The van der Waals surface area contributed by atoms with Gasteiger partial charge in [0.15, 0.2) is 0 Å². The number of hydrogen-bond donors (Lipinski definition) is 1. The largest absolute Gasteiger partial charge is 0.467 e. The molecule has 8 heteroatoms. The minimum Gasteiger partial charge on any atom is -0.467 e. The molecule has 0 radical (unpaired) electrons. The Bertz CT molecular complexity index is 1460. The van der Waals surface area contributed by atoms with E-state index in [1.165, 1.54) is 7.11 Å². The number of anilines is 1. The number of rotatable bonds is 7. The molecule has 1 atom stereocenters. The van der Waals surface area contributed by atoms with Crippen LogP contribution in [0, 0.1) is 5.92 Å². The summed E-state index contributed by atoms with van der Waals surface area (Å²) in [6.07, 6.45) is 0. The quantitative estimate of drug-likeness (QED) is 0.369. The van der Waals surface area contributed by atoms with Crippen molar-refractivity contribution < 1.29 is 14.3 Å². The van der Waals surface area contributed by atoms with Gasteiger partial charge in [-0.05, 0) is 41.0 Å². The molecule has 5 rings (SSSR count). The van der Waals surface area contributed by atoms with Crippen LogP contribution in [-0.2, 0) is 16.1 Å². The van der Waals surface area contributed by atoms with Gasteiger partial charge in [0.2, 0.25) is 0 Å². The van der Waals surface area contributed by atoms with Crippen LogP contribution in [-0.4, -0.2) is 71.0 Å². The van der Waals surface area contributed by atoms with Crippen LogP contribution in [0.2, 0.25) is 0 Å². The van der Waals surface area contributed by atoms with Crippen molar-refractivity contribution in [3.8, 4) is 0 Å². The van der Waals surface area contributed by atoms with Gasteiger partial charge in [-0.1, -0.05) is 56.3 Å². The Morgan fingerprint density at radius 2 is 1.63 bits per heavy atom. The second-order valence-electron chi connectivity index (χ2n) is 10.0. The SMILES string of the molecule is COC(=O)[C@@H](Nc1nc(CN2CCN(C(=O)c3ccc4ccccc4c3)CC2)nc2ccccc12)C(C)C. The summed E-state index contributed by atoms with van der Waals surface area (Å²) in [5, 5.41) is 6.36. The molecule has 1 N–H and O–H groups in total. The van der Waals surface area contributed by atoms with Gasteiger partial charge in [0, 0.05) is 37.1 Å². The summed E-state index contributed by atoms with van der Waals surface area (Å²) in [5.74, 6) is 1.06. The van der Waals surface area contributed by atoms with E-state index in [0.717, 1.165) is 40.3 Å². The molecule has 1 amide bonds. The van der Waals surface area contributed by atoms with Crippen molar-refractivity contribution in [2.45, 2.75) is 26.4 Å². The Labute approximate surface area is 222 Å². The third-order valence-corrected chi connectivity index (χ3v) is 7.08. The second-order valence-corrected chi connectivity index (χ2v) is 10.0. The molecule has 1 fully saturated rings. The van der Waals surface area contributed by atoms with E-state index in [0.29, 0.717) is 31.3 Å². The number of piperazine rings is 1. The molecule has 2 heterocycles. The van der Waals surface area contributed by atoms with Crippen LogP contribution in [0.3, 0.4) is 0 Å². The van der Waals surface area contributed by atoms with Gasteiger partial charge in [-0.15, -0.1) is 0 Å². The summed E-state index contributed by atoms with van der Waals surface area (Å²) in [5.41, 5.74) is 1.54. The molecule has 1 saturated heterocycles. The van der Waals surface area contributed by atoms with Crippen LogP contribution in [0.1, 0.15) is 30.0 Å². The molecule has 196 valence electrons. The van der Waals surface area contributed by atoms with Gasteiger partial charge in [-0.3, -0.25) is 9.69 Å². The smallest absolute Gasteiger partial charge is 0.328 e. The Hall–Kier alpha value is -4.04. The molecule has 8 nitrogen and oxygen atoms in total. The van der Waals surface area contributed by atoms with Crippen molar-refractivity contribution in [2.24, 2.45) is 5.92 Å². The maximum absolute atomic E-state index is 13.2. The highest BCUT2D eigenvalue weighted by Crippen LogP contribution is 2.24. The van der Waals surface area contributed by atoms with Crippen LogP contribution in [0.5, 0.6) is 0 Å². The molecular formula is C30H33N5O3. The maximum Gasteiger partial charge on any atom is 0.328 e. The lowest BCUT2D eigenvalue weighted by Gasteiger charge is -2.34. The summed E-state index contributed by atoms with van der Waals surface area (Å²) in [4.78, 5) is 39.3. The van der Waals surface area contributed by atoms with Crippen molar-refractivity contribution in [1.82, 2.24) is 19.8 Å². The molecule has 1 aromatic heterocycles. The highest BCUT2D eigenvalue weighted by molar-refractivity contribution is 5.98. The lowest BCUT2D eigenvalue weighted by atomic mass is 10.0. The first-order valence-corrected chi connectivity index (χ1v) is 13.0. The molecule has 38 heavy (non-hydrogen) atoms. The van der Waals surface area contributed by atoms with Gasteiger partial charge in [0.25, 0.3) is 5.91 Å². The monoisotopic (exact) mass is 511 g/mol. The molecule has 0 spiro atoms. The normalized spacial score (nSPS) is 15.1. The first-order chi connectivity index (χ1) is 18.4. The third-order valence-electron chi connectivity index (χ3n) is 7.08. The number of benzene rings is 3. The number of hydrogen-bond acceptors (Lipinski definition) is 7. The number of esters is 1. The number of fused-ring (bicyclic) bond motifs is 2. The fraction of sp³-hybridized carbons (Fsp3) is 0.333. The maximum atomic E-state index is 13.2. The van der Waals surface area contributed by atoms with E-state index in [9.17, 15) is 9.59 Å².